The first-order valence-corrected chi connectivity index (χ1v) is 10.5. The molecule has 4 N–H and O–H groups in total. The number of hydrogen-bond donors (Lipinski definition) is 3. The predicted octanol–water partition coefficient (Wildman–Crippen LogP) is 3.80. The monoisotopic (exact) mass is 412 g/mol. The van der Waals surface area contributed by atoms with Crippen molar-refractivity contribution < 1.29 is 4.79 Å². The van der Waals surface area contributed by atoms with Crippen molar-refractivity contribution in [1.82, 2.24) is 15.0 Å². The van der Waals surface area contributed by atoms with Crippen molar-refractivity contribution in [2.24, 2.45) is 5.73 Å². The third-order valence-corrected chi connectivity index (χ3v) is 5.70. The molecule has 0 aliphatic carbocycles. The highest BCUT2D eigenvalue weighted by atomic mass is 16.1. The summed E-state index contributed by atoms with van der Waals surface area (Å²) in [5.41, 5.74) is 11.4. The lowest BCUT2D eigenvalue weighted by Crippen LogP contribution is -2.43. The molecule has 7 heteroatoms. The van der Waals surface area contributed by atoms with Gasteiger partial charge in [0, 0.05) is 49.5 Å². The third kappa shape index (κ3) is 3.75. The average molecular weight is 412 g/mol. The molecule has 1 fully saturated rings. The zero-order valence-corrected chi connectivity index (χ0v) is 17.1. The first kappa shape index (κ1) is 19.3. The largest absolute Gasteiger partial charge is 0.369 e. The summed E-state index contributed by atoms with van der Waals surface area (Å²) in [6.07, 6.45) is 8.95. The van der Waals surface area contributed by atoms with E-state index in [4.69, 9.17) is 5.73 Å². The number of aromatic nitrogens is 3. The fourth-order valence-corrected chi connectivity index (χ4v) is 4.24. The fraction of sp³-hybridized carbons (Fsp3) is 0.208. The third-order valence-electron chi connectivity index (χ3n) is 5.70. The molecule has 5 rings (SSSR count). The molecule has 0 bridgehead atoms. The second-order valence-corrected chi connectivity index (χ2v) is 7.86. The lowest BCUT2D eigenvalue weighted by atomic mass is 9.99. The first-order chi connectivity index (χ1) is 15.2. The van der Waals surface area contributed by atoms with Gasteiger partial charge in [-0.2, -0.15) is 0 Å². The highest BCUT2D eigenvalue weighted by Crippen LogP contribution is 2.41. The summed E-state index contributed by atoms with van der Waals surface area (Å²) in [5, 5.41) is 3.94. The van der Waals surface area contributed by atoms with Crippen LogP contribution in [-0.2, 0) is 0 Å². The minimum atomic E-state index is -0.208. The lowest BCUT2D eigenvalue weighted by molar-refractivity contribution is 0.102. The van der Waals surface area contributed by atoms with Crippen molar-refractivity contribution in [2.75, 3.05) is 23.3 Å². The maximum absolute atomic E-state index is 12.8. The van der Waals surface area contributed by atoms with E-state index in [0.717, 1.165) is 53.8 Å². The highest BCUT2D eigenvalue weighted by Gasteiger charge is 2.25. The summed E-state index contributed by atoms with van der Waals surface area (Å²) in [5.74, 6) is -0.208. The van der Waals surface area contributed by atoms with Gasteiger partial charge in [-0.3, -0.25) is 9.78 Å². The zero-order valence-electron chi connectivity index (χ0n) is 17.1. The van der Waals surface area contributed by atoms with Gasteiger partial charge in [0.1, 0.15) is 5.65 Å². The van der Waals surface area contributed by atoms with Gasteiger partial charge in [0.25, 0.3) is 5.91 Å². The smallest absolute Gasteiger partial charge is 0.257 e. The van der Waals surface area contributed by atoms with E-state index >= 15 is 0 Å². The van der Waals surface area contributed by atoms with Crippen LogP contribution in [0.5, 0.6) is 0 Å². The van der Waals surface area contributed by atoms with Gasteiger partial charge in [-0.15, -0.1) is 0 Å². The SMILES string of the molecule is N[C@@H]1CCCN(c2c(-c3ccccc3)cnc3[nH]cc(NC(=O)c4cccnc4)c23)C1. The Morgan fingerprint density at radius 2 is 2.03 bits per heavy atom. The molecule has 0 saturated carbocycles. The molecule has 0 radical (unpaired) electrons. The summed E-state index contributed by atoms with van der Waals surface area (Å²) >= 11 is 0. The molecule has 1 aliphatic heterocycles. The maximum Gasteiger partial charge on any atom is 0.257 e. The Hall–Kier alpha value is -3.71. The Morgan fingerprint density at radius 1 is 1.16 bits per heavy atom. The molecule has 4 heterocycles. The van der Waals surface area contributed by atoms with Crippen LogP contribution >= 0.6 is 0 Å². The van der Waals surface area contributed by atoms with Crippen LogP contribution in [0, 0.1) is 0 Å². The highest BCUT2D eigenvalue weighted by molar-refractivity contribution is 6.13. The van der Waals surface area contributed by atoms with Gasteiger partial charge in [-0.25, -0.2) is 4.98 Å². The molecule has 4 aromatic rings. The van der Waals surface area contributed by atoms with Gasteiger partial charge in [0.2, 0.25) is 0 Å². The quantitative estimate of drug-likeness (QED) is 0.473. The van der Waals surface area contributed by atoms with Crippen molar-refractivity contribution in [3.63, 3.8) is 0 Å². The molecule has 1 aromatic carbocycles. The molecule has 1 amide bonds. The van der Waals surface area contributed by atoms with Gasteiger partial charge < -0.3 is 20.9 Å². The van der Waals surface area contributed by atoms with Crippen LogP contribution in [0.1, 0.15) is 23.2 Å². The number of carbonyl (C=O) groups is 1. The Kier molecular flexibility index (Phi) is 5.09. The Labute approximate surface area is 180 Å². The van der Waals surface area contributed by atoms with E-state index in [1.54, 1.807) is 30.7 Å². The number of amides is 1. The predicted molar refractivity (Wildman–Crippen MR) is 123 cm³/mol. The summed E-state index contributed by atoms with van der Waals surface area (Å²) in [6, 6.07) is 13.8. The van der Waals surface area contributed by atoms with Crippen LogP contribution in [0.2, 0.25) is 0 Å². The number of nitrogens with one attached hydrogen (secondary N) is 2. The molecule has 0 spiro atoms. The Bertz CT molecular complexity index is 1200. The van der Waals surface area contributed by atoms with Crippen LogP contribution in [0.15, 0.2) is 67.3 Å². The molecule has 0 unspecified atom stereocenters. The fourth-order valence-electron chi connectivity index (χ4n) is 4.24. The zero-order chi connectivity index (χ0) is 21.2. The standard InChI is InChI=1S/C24H24N6O/c25-18-9-5-11-30(15-18)22-19(16-6-2-1-3-7-16)13-27-23-21(22)20(14-28-23)29-24(31)17-8-4-10-26-12-17/h1-4,6-8,10,12-14,18H,5,9,11,15,25H2,(H,27,28)(H,29,31)/t18-/m1/s1. The number of hydrogen-bond acceptors (Lipinski definition) is 5. The number of nitrogens with zero attached hydrogens (tertiary/aromatic N) is 3. The van der Waals surface area contributed by atoms with E-state index in [2.05, 4.69) is 37.3 Å². The first-order valence-electron chi connectivity index (χ1n) is 10.5. The Morgan fingerprint density at radius 3 is 2.81 bits per heavy atom. The Balaban J connectivity index is 1.65. The number of pyridine rings is 2. The van der Waals surface area contributed by atoms with Crippen LogP contribution in [0.25, 0.3) is 22.2 Å². The van der Waals surface area contributed by atoms with E-state index < -0.39 is 0 Å². The number of aromatic amines is 1. The van der Waals surface area contributed by atoms with Crippen LogP contribution < -0.4 is 16.0 Å². The minimum absolute atomic E-state index is 0.118. The number of H-pyrrole nitrogens is 1. The van der Waals surface area contributed by atoms with Crippen molar-refractivity contribution in [3.05, 3.63) is 72.8 Å². The summed E-state index contributed by atoms with van der Waals surface area (Å²) in [4.78, 5) is 27.1. The van der Waals surface area contributed by atoms with E-state index in [-0.39, 0.29) is 11.9 Å². The molecule has 31 heavy (non-hydrogen) atoms. The molecular weight excluding hydrogens is 388 g/mol. The second-order valence-electron chi connectivity index (χ2n) is 7.86. The number of fused-ring (bicyclic) bond motifs is 1. The maximum atomic E-state index is 12.8. The van der Waals surface area contributed by atoms with E-state index in [0.29, 0.717) is 11.3 Å². The van der Waals surface area contributed by atoms with Crippen molar-refractivity contribution in [1.29, 1.82) is 0 Å². The van der Waals surface area contributed by atoms with E-state index in [9.17, 15) is 4.79 Å². The van der Waals surface area contributed by atoms with Crippen molar-refractivity contribution >= 4 is 28.3 Å². The summed E-state index contributed by atoms with van der Waals surface area (Å²) in [6.45, 7) is 1.67. The number of carbonyl (C=O) groups excluding carboxylic acids is 1. The molecular formula is C24H24N6O. The van der Waals surface area contributed by atoms with Gasteiger partial charge in [-0.1, -0.05) is 30.3 Å². The molecule has 7 nitrogen and oxygen atoms in total. The van der Waals surface area contributed by atoms with Gasteiger partial charge in [-0.05, 0) is 30.5 Å². The second kappa shape index (κ2) is 8.20. The van der Waals surface area contributed by atoms with E-state index in [1.165, 1.54) is 0 Å². The van der Waals surface area contributed by atoms with Gasteiger partial charge >= 0.3 is 0 Å². The molecule has 1 atom stereocenters. The molecule has 156 valence electrons. The van der Waals surface area contributed by atoms with Gasteiger partial charge in [0.05, 0.1) is 22.3 Å². The lowest BCUT2D eigenvalue weighted by Gasteiger charge is -2.34. The number of nitrogens with two attached hydrogens (primary N) is 1. The van der Waals surface area contributed by atoms with Gasteiger partial charge in [0.15, 0.2) is 0 Å². The number of rotatable bonds is 4. The number of anilines is 2. The van der Waals surface area contributed by atoms with Crippen LogP contribution in [0.4, 0.5) is 11.4 Å². The topological polar surface area (TPSA) is 99.9 Å². The number of piperidine rings is 1. The van der Waals surface area contributed by atoms with Crippen LogP contribution in [-0.4, -0.2) is 40.0 Å². The molecule has 1 aliphatic rings. The summed E-state index contributed by atoms with van der Waals surface area (Å²) < 4.78 is 0. The molecule has 3 aromatic heterocycles. The normalized spacial score (nSPS) is 16.4. The van der Waals surface area contributed by atoms with Crippen molar-refractivity contribution in [3.8, 4) is 11.1 Å². The van der Waals surface area contributed by atoms with E-state index in [1.807, 2.05) is 24.4 Å². The average Bonchev–Trinajstić information content (AvgIpc) is 3.22. The van der Waals surface area contributed by atoms with Crippen molar-refractivity contribution in [2.45, 2.75) is 18.9 Å². The minimum Gasteiger partial charge on any atom is -0.369 e. The number of benzene rings is 1. The molecule has 1 saturated heterocycles. The summed E-state index contributed by atoms with van der Waals surface area (Å²) in [7, 11) is 0. The van der Waals surface area contributed by atoms with Crippen LogP contribution in [0.3, 0.4) is 0 Å².